The van der Waals surface area contributed by atoms with Crippen LogP contribution in [0.5, 0.6) is 0 Å². The molecule has 0 saturated carbocycles. The summed E-state index contributed by atoms with van der Waals surface area (Å²) in [6, 6.07) is 7.69. The molecule has 3 rings (SSSR count). The van der Waals surface area contributed by atoms with E-state index >= 15 is 0 Å². The van der Waals surface area contributed by atoms with Crippen molar-refractivity contribution in [2.45, 2.75) is 6.92 Å². The molecule has 2 heterocycles. The van der Waals surface area contributed by atoms with Crippen LogP contribution >= 0.6 is 22.9 Å². The summed E-state index contributed by atoms with van der Waals surface area (Å²) in [6.45, 7) is 2.00. The van der Waals surface area contributed by atoms with Crippen molar-refractivity contribution in [3.8, 4) is 0 Å². The largest absolute Gasteiger partial charge is 0.360 e. The van der Waals surface area contributed by atoms with Crippen LogP contribution in [0, 0.1) is 6.92 Å². The Morgan fingerprint density at radius 2 is 2.17 bits per heavy atom. The summed E-state index contributed by atoms with van der Waals surface area (Å²) in [5.74, 6) is -0.0180. The van der Waals surface area contributed by atoms with Crippen molar-refractivity contribution in [2.24, 2.45) is 0 Å². The molecule has 0 spiro atoms. The third-order valence-corrected chi connectivity index (χ3v) is 4.32. The number of fused-ring (bicyclic) bond motifs is 1. The number of aromatic amines is 1. The summed E-state index contributed by atoms with van der Waals surface area (Å²) in [5, 5.41) is 3.33. The van der Waals surface area contributed by atoms with E-state index in [9.17, 15) is 4.79 Å². The minimum absolute atomic E-state index is 0.0180. The van der Waals surface area contributed by atoms with Crippen molar-refractivity contribution < 1.29 is 4.79 Å². The average Bonchev–Trinajstić information content (AvgIpc) is 2.95. The fraction of sp³-hybridized carbons (Fsp3) is 0.0714. The van der Waals surface area contributed by atoms with Gasteiger partial charge < -0.3 is 4.98 Å². The van der Waals surface area contributed by atoms with Crippen LogP contribution in [-0.2, 0) is 0 Å². The highest BCUT2D eigenvalue weighted by molar-refractivity contribution is 7.13. The Morgan fingerprint density at radius 3 is 2.89 bits per heavy atom. The fourth-order valence-corrected chi connectivity index (χ4v) is 3.22. The lowest BCUT2D eigenvalue weighted by Gasteiger charge is -2.00. The summed E-state index contributed by atoms with van der Waals surface area (Å²) >= 11 is 7.40. The van der Waals surface area contributed by atoms with Crippen molar-refractivity contribution in [1.29, 1.82) is 0 Å². The fourth-order valence-electron chi connectivity index (χ4n) is 2.12. The molecule has 0 amide bonds. The van der Waals surface area contributed by atoms with Crippen molar-refractivity contribution in [3.05, 3.63) is 56.9 Å². The SMILES string of the molecule is Cc1cccc2[nH]cc(C(=O)c3sccc3Cl)c12. The zero-order valence-corrected chi connectivity index (χ0v) is 11.2. The molecule has 0 fully saturated rings. The Morgan fingerprint density at radius 1 is 1.33 bits per heavy atom. The average molecular weight is 276 g/mol. The molecule has 4 heteroatoms. The lowest BCUT2D eigenvalue weighted by molar-refractivity contribution is 0.104. The number of aryl methyl sites for hydroxylation is 1. The number of ketones is 1. The molecular weight excluding hydrogens is 266 g/mol. The summed E-state index contributed by atoms with van der Waals surface area (Å²) in [7, 11) is 0. The summed E-state index contributed by atoms with van der Waals surface area (Å²) in [5.41, 5.74) is 2.75. The Hall–Kier alpha value is -1.58. The molecule has 18 heavy (non-hydrogen) atoms. The lowest BCUT2D eigenvalue weighted by atomic mass is 10.0. The van der Waals surface area contributed by atoms with Crippen molar-refractivity contribution in [3.63, 3.8) is 0 Å². The summed E-state index contributed by atoms with van der Waals surface area (Å²) < 4.78 is 0. The molecule has 3 aromatic rings. The van der Waals surface area contributed by atoms with Gasteiger partial charge in [0.05, 0.1) is 9.90 Å². The topological polar surface area (TPSA) is 32.9 Å². The molecule has 2 aromatic heterocycles. The zero-order valence-electron chi connectivity index (χ0n) is 9.66. The minimum Gasteiger partial charge on any atom is -0.360 e. The predicted molar refractivity (Wildman–Crippen MR) is 75.8 cm³/mol. The van der Waals surface area contributed by atoms with E-state index in [0.29, 0.717) is 15.5 Å². The van der Waals surface area contributed by atoms with Gasteiger partial charge in [0.1, 0.15) is 0 Å². The van der Waals surface area contributed by atoms with Crippen LogP contribution in [0.3, 0.4) is 0 Å². The van der Waals surface area contributed by atoms with Gasteiger partial charge in [-0.15, -0.1) is 11.3 Å². The van der Waals surface area contributed by atoms with Gasteiger partial charge in [-0.1, -0.05) is 23.7 Å². The molecule has 0 aliphatic rings. The number of aromatic nitrogens is 1. The number of H-pyrrole nitrogens is 1. The van der Waals surface area contributed by atoms with E-state index in [1.54, 1.807) is 12.3 Å². The van der Waals surface area contributed by atoms with Crippen LogP contribution < -0.4 is 0 Å². The molecule has 0 unspecified atom stereocenters. The number of carbonyl (C=O) groups excluding carboxylic acids is 1. The number of rotatable bonds is 2. The molecule has 0 bridgehead atoms. The highest BCUT2D eigenvalue weighted by Gasteiger charge is 2.18. The Balaban J connectivity index is 2.22. The predicted octanol–water partition coefficient (Wildman–Crippen LogP) is 4.42. The van der Waals surface area contributed by atoms with Crippen molar-refractivity contribution in [2.75, 3.05) is 0 Å². The van der Waals surface area contributed by atoms with Crippen molar-refractivity contribution in [1.82, 2.24) is 4.98 Å². The van der Waals surface area contributed by atoms with Gasteiger partial charge in [0.15, 0.2) is 0 Å². The van der Waals surface area contributed by atoms with E-state index in [2.05, 4.69) is 4.98 Å². The maximum absolute atomic E-state index is 12.5. The summed E-state index contributed by atoms with van der Waals surface area (Å²) in [4.78, 5) is 16.2. The van der Waals surface area contributed by atoms with Gasteiger partial charge in [-0.3, -0.25) is 4.79 Å². The second-order valence-electron chi connectivity index (χ2n) is 4.13. The van der Waals surface area contributed by atoms with Crippen LogP contribution in [-0.4, -0.2) is 10.8 Å². The first-order valence-electron chi connectivity index (χ1n) is 5.53. The van der Waals surface area contributed by atoms with Gasteiger partial charge in [0, 0.05) is 22.7 Å². The zero-order chi connectivity index (χ0) is 12.7. The van der Waals surface area contributed by atoms with Gasteiger partial charge in [-0.05, 0) is 30.0 Å². The first-order chi connectivity index (χ1) is 8.68. The van der Waals surface area contributed by atoms with Crippen LogP contribution in [0.2, 0.25) is 5.02 Å². The van der Waals surface area contributed by atoms with E-state index in [1.165, 1.54) is 11.3 Å². The maximum Gasteiger partial charge on any atom is 0.206 e. The molecule has 1 N–H and O–H groups in total. The molecule has 1 aromatic carbocycles. The standard InChI is InChI=1S/C14H10ClNOS/c1-8-3-2-4-11-12(8)9(7-16-11)13(17)14-10(15)5-6-18-14/h2-7,16H,1H3. The van der Waals surface area contributed by atoms with E-state index < -0.39 is 0 Å². The van der Waals surface area contributed by atoms with E-state index in [0.717, 1.165) is 16.5 Å². The first kappa shape index (κ1) is 11.5. The number of nitrogens with one attached hydrogen (secondary N) is 1. The highest BCUT2D eigenvalue weighted by Crippen LogP contribution is 2.29. The Bertz CT molecular complexity index is 741. The second kappa shape index (κ2) is 4.26. The second-order valence-corrected chi connectivity index (χ2v) is 5.45. The first-order valence-corrected chi connectivity index (χ1v) is 6.78. The molecule has 2 nitrogen and oxygen atoms in total. The monoisotopic (exact) mass is 275 g/mol. The van der Waals surface area contributed by atoms with Crippen LogP contribution in [0.4, 0.5) is 0 Å². The number of hydrogen-bond acceptors (Lipinski definition) is 2. The van der Waals surface area contributed by atoms with E-state index in [4.69, 9.17) is 11.6 Å². The number of benzene rings is 1. The normalized spacial score (nSPS) is 11.0. The third-order valence-electron chi connectivity index (χ3n) is 2.98. The minimum atomic E-state index is -0.0180. The maximum atomic E-state index is 12.5. The Labute approximate surface area is 113 Å². The molecule has 0 aliphatic carbocycles. The van der Waals surface area contributed by atoms with Crippen molar-refractivity contribution >= 4 is 39.6 Å². The van der Waals surface area contributed by atoms with E-state index in [1.807, 2.05) is 30.5 Å². The van der Waals surface area contributed by atoms with Gasteiger partial charge in [0.2, 0.25) is 5.78 Å². The van der Waals surface area contributed by atoms with Gasteiger partial charge >= 0.3 is 0 Å². The molecule has 0 atom stereocenters. The van der Waals surface area contributed by atoms with Crippen LogP contribution in [0.15, 0.2) is 35.8 Å². The molecule has 0 saturated heterocycles. The molecular formula is C14H10ClNOS. The quantitative estimate of drug-likeness (QED) is 0.690. The molecule has 90 valence electrons. The number of halogens is 1. The van der Waals surface area contributed by atoms with Gasteiger partial charge in [-0.25, -0.2) is 0 Å². The Kier molecular flexibility index (Phi) is 2.73. The summed E-state index contributed by atoms with van der Waals surface area (Å²) in [6.07, 6.45) is 1.76. The highest BCUT2D eigenvalue weighted by atomic mass is 35.5. The molecule has 0 aliphatic heterocycles. The van der Waals surface area contributed by atoms with Gasteiger partial charge in [0.25, 0.3) is 0 Å². The van der Waals surface area contributed by atoms with E-state index in [-0.39, 0.29) is 5.78 Å². The third kappa shape index (κ3) is 1.67. The smallest absolute Gasteiger partial charge is 0.206 e. The number of thiophene rings is 1. The van der Waals surface area contributed by atoms with Crippen LogP contribution in [0.1, 0.15) is 20.8 Å². The number of hydrogen-bond donors (Lipinski definition) is 1. The number of carbonyl (C=O) groups is 1. The molecule has 0 radical (unpaired) electrons. The van der Waals surface area contributed by atoms with Gasteiger partial charge in [-0.2, -0.15) is 0 Å². The lowest BCUT2D eigenvalue weighted by Crippen LogP contribution is -1.98. The van der Waals surface area contributed by atoms with Crippen LogP contribution in [0.25, 0.3) is 10.9 Å².